The maximum Gasteiger partial charge on any atom is 0.274 e. The summed E-state index contributed by atoms with van der Waals surface area (Å²) in [5.41, 5.74) is 5.62. The molecule has 1 aromatic carbocycles. The smallest absolute Gasteiger partial charge is 0.274 e. The summed E-state index contributed by atoms with van der Waals surface area (Å²) in [5, 5.41) is 16.7. The lowest BCUT2D eigenvalue weighted by atomic mass is 9.94. The number of hydrogen-bond acceptors (Lipinski definition) is 5. The van der Waals surface area contributed by atoms with E-state index < -0.39 is 0 Å². The number of carbonyl (C=O) groups is 1. The SMILES string of the molecule is O=C(c1nn(-c2cccc(CO)c2)c2c1CCc1sccc1-2)N1CCN(CC2CC2)CC1. The summed E-state index contributed by atoms with van der Waals surface area (Å²) in [6, 6.07) is 9.95. The van der Waals surface area contributed by atoms with E-state index in [9.17, 15) is 9.90 Å². The van der Waals surface area contributed by atoms with Crippen LogP contribution < -0.4 is 0 Å². The molecule has 32 heavy (non-hydrogen) atoms. The van der Waals surface area contributed by atoms with Crippen molar-refractivity contribution in [1.82, 2.24) is 19.6 Å². The predicted octanol–water partition coefficient (Wildman–Crippen LogP) is 3.36. The fourth-order valence-electron chi connectivity index (χ4n) is 5.04. The molecule has 2 fully saturated rings. The molecule has 1 N–H and O–H groups in total. The summed E-state index contributed by atoms with van der Waals surface area (Å²) in [6.45, 7) is 4.64. The maximum absolute atomic E-state index is 13.6. The van der Waals surface area contributed by atoms with Gasteiger partial charge < -0.3 is 10.0 Å². The molecule has 6 rings (SSSR count). The van der Waals surface area contributed by atoms with Gasteiger partial charge in [-0.2, -0.15) is 5.10 Å². The predicted molar refractivity (Wildman–Crippen MR) is 125 cm³/mol. The van der Waals surface area contributed by atoms with Gasteiger partial charge >= 0.3 is 0 Å². The van der Waals surface area contributed by atoms with Crippen LogP contribution in [0.3, 0.4) is 0 Å². The highest BCUT2D eigenvalue weighted by Crippen LogP contribution is 2.40. The fourth-order valence-corrected chi connectivity index (χ4v) is 5.92. The summed E-state index contributed by atoms with van der Waals surface area (Å²) in [4.78, 5) is 19.5. The number of fused-ring (bicyclic) bond motifs is 3. The van der Waals surface area contributed by atoms with Crippen molar-refractivity contribution in [3.05, 3.63) is 57.4 Å². The van der Waals surface area contributed by atoms with Crippen molar-refractivity contribution in [2.45, 2.75) is 32.3 Å². The van der Waals surface area contributed by atoms with E-state index in [2.05, 4.69) is 16.3 Å². The first-order chi connectivity index (χ1) is 15.7. The number of amides is 1. The van der Waals surface area contributed by atoms with E-state index in [4.69, 9.17) is 5.10 Å². The van der Waals surface area contributed by atoms with Crippen LogP contribution >= 0.6 is 11.3 Å². The van der Waals surface area contributed by atoms with E-state index in [0.29, 0.717) is 5.69 Å². The van der Waals surface area contributed by atoms with Crippen molar-refractivity contribution in [2.75, 3.05) is 32.7 Å². The average Bonchev–Trinajstić information content (AvgIpc) is 3.36. The van der Waals surface area contributed by atoms with Gasteiger partial charge in [0.05, 0.1) is 18.0 Å². The van der Waals surface area contributed by atoms with Crippen LogP contribution in [0.1, 0.15) is 39.3 Å². The highest BCUT2D eigenvalue weighted by Gasteiger charge is 2.33. The molecule has 3 aliphatic rings. The molecule has 3 heterocycles. The second-order valence-electron chi connectivity index (χ2n) is 9.21. The molecule has 1 saturated heterocycles. The maximum atomic E-state index is 13.6. The molecule has 0 radical (unpaired) electrons. The minimum Gasteiger partial charge on any atom is -0.392 e. The number of piperazine rings is 1. The van der Waals surface area contributed by atoms with Crippen LogP contribution in [-0.2, 0) is 19.4 Å². The second-order valence-corrected chi connectivity index (χ2v) is 10.2. The summed E-state index contributed by atoms with van der Waals surface area (Å²) in [7, 11) is 0. The van der Waals surface area contributed by atoms with Crippen LogP contribution in [0, 0.1) is 5.92 Å². The molecule has 6 nitrogen and oxygen atoms in total. The number of rotatable bonds is 5. The molecule has 0 unspecified atom stereocenters. The van der Waals surface area contributed by atoms with Crippen molar-refractivity contribution < 1.29 is 9.90 Å². The zero-order valence-corrected chi connectivity index (χ0v) is 19.0. The number of aliphatic hydroxyl groups is 1. The van der Waals surface area contributed by atoms with E-state index in [1.807, 2.05) is 33.8 Å². The number of nitrogens with zero attached hydrogens (tertiary/aromatic N) is 4. The van der Waals surface area contributed by atoms with Crippen LogP contribution in [-0.4, -0.2) is 63.3 Å². The largest absolute Gasteiger partial charge is 0.392 e. The van der Waals surface area contributed by atoms with Gasteiger partial charge in [0.25, 0.3) is 5.91 Å². The third-order valence-corrected chi connectivity index (χ3v) is 7.98. The number of aryl methyl sites for hydroxylation is 1. The zero-order chi connectivity index (χ0) is 21.7. The lowest BCUT2D eigenvalue weighted by Crippen LogP contribution is -2.49. The molecule has 7 heteroatoms. The Morgan fingerprint density at radius 3 is 2.75 bits per heavy atom. The van der Waals surface area contributed by atoms with Gasteiger partial charge in [0, 0.05) is 48.7 Å². The Morgan fingerprint density at radius 2 is 1.97 bits per heavy atom. The number of benzene rings is 1. The van der Waals surface area contributed by atoms with Gasteiger partial charge in [0.2, 0.25) is 0 Å². The highest BCUT2D eigenvalue weighted by atomic mass is 32.1. The Hall–Kier alpha value is -2.48. The lowest BCUT2D eigenvalue weighted by Gasteiger charge is -2.34. The molecule has 2 aliphatic carbocycles. The highest BCUT2D eigenvalue weighted by molar-refractivity contribution is 7.10. The lowest BCUT2D eigenvalue weighted by molar-refractivity contribution is 0.0624. The molecule has 1 amide bonds. The van der Waals surface area contributed by atoms with Crippen molar-refractivity contribution in [1.29, 1.82) is 0 Å². The summed E-state index contributed by atoms with van der Waals surface area (Å²) < 4.78 is 1.93. The summed E-state index contributed by atoms with van der Waals surface area (Å²) in [5.74, 6) is 0.942. The summed E-state index contributed by atoms with van der Waals surface area (Å²) >= 11 is 1.77. The molecule has 1 saturated carbocycles. The first-order valence-corrected chi connectivity index (χ1v) is 12.5. The molecule has 166 valence electrons. The number of thiophene rings is 1. The Bertz CT molecular complexity index is 1150. The van der Waals surface area contributed by atoms with Gasteiger partial charge in [-0.25, -0.2) is 4.68 Å². The minimum absolute atomic E-state index is 0.0159. The van der Waals surface area contributed by atoms with Crippen molar-refractivity contribution in [3.8, 4) is 16.9 Å². The van der Waals surface area contributed by atoms with E-state index in [1.165, 1.54) is 29.8 Å². The van der Waals surface area contributed by atoms with Crippen molar-refractivity contribution in [2.24, 2.45) is 5.92 Å². The Labute approximate surface area is 192 Å². The molecule has 0 atom stereocenters. The van der Waals surface area contributed by atoms with Crippen LogP contribution in [0.5, 0.6) is 0 Å². The van der Waals surface area contributed by atoms with Crippen LogP contribution in [0.15, 0.2) is 35.7 Å². The van der Waals surface area contributed by atoms with Gasteiger partial charge in [-0.05, 0) is 60.7 Å². The number of hydrogen-bond donors (Lipinski definition) is 1. The van der Waals surface area contributed by atoms with Crippen LogP contribution in [0.4, 0.5) is 0 Å². The van der Waals surface area contributed by atoms with Crippen LogP contribution in [0.2, 0.25) is 0 Å². The number of carbonyl (C=O) groups excluding carboxylic acids is 1. The van der Waals surface area contributed by atoms with Crippen LogP contribution in [0.25, 0.3) is 16.9 Å². The van der Waals surface area contributed by atoms with Crippen molar-refractivity contribution in [3.63, 3.8) is 0 Å². The van der Waals surface area contributed by atoms with Crippen molar-refractivity contribution >= 4 is 17.2 Å². The normalized spacial score (nSPS) is 18.5. The van der Waals surface area contributed by atoms with Gasteiger partial charge in [0.1, 0.15) is 0 Å². The Balaban J connectivity index is 1.35. The van der Waals surface area contributed by atoms with E-state index >= 15 is 0 Å². The monoisotopic (exact) mass is 448 g/mol. The van der Waals surface area contributed by atoms with Gasteiger partial charge in [0.15, 0.2) is 5.69 Å². The molecular formula is C25H28N4O2S. The quantitative estimate of drug-likeness (QED) is 0.650. The van der Waals surface area contributed by atoms with E-state index in [1.54, 1.807) is 11.3 Å². The first-order valence-electron chi connectivity index (χ1n) is 11.6. The summed E-state index contributed by atoms with van der Waals surface area (Å²) in [6.07, 6.45) is 4.53. The molecular weight excluding hydrogens is 420 g/mol. The standard InChI is InChI=1S/C25H28N4O2S/c30-16-18-2-1-3-19(14-18)29-24-20-8-13-32-22(20)7-6-21(24)23(26-29)25(31)28-11-9-27(10-12-28)15-17-4-5-17/h1-3,8,13-14,17,30H,4-7,9-12,15-16H2. The fraction of sp³-hybridized carbons (Fsp3) is 0.440. The topological polar surface area (TPSA) is 61.6 Å². The van der Waals surface area contributed by atoms with E-state index in [-0.39, 0.29) is 12.5 Å². The van der Waals surface area contributed by atoms with E-state index in [0.717, 1.165) is 67.4 Å². The van der Waals surface area contributed by atoms with Gasteiger partial charge in [-0.3, -0.25) is 9.69 Å². The number of aromatic nitrogens is 2. The molecule has 3 aromatic rings. The third kappa shape index (κ3) is 3.58. The second kappa shape index (κ2) is 8.14. The number of aliphatic hydroxyl groups excluding tert-OH is 1. The third-order valence-electron chi connectivity index (χ3n) is 7.00. The average molecular weight is 449 g/mol. The molecule has 0 bridgehead atoms. The van der Waals surface area contributed by atoms with Gasteiger partial charge in [-0.1, -0.05) is 12.1 Å². The molecule has 2 aromatic heterocycles. The zero-order valence-electron chi connectivity index (χ0n) is 18.2. The van der Waals surface area contributed by atoms with Gasteiger partial charge in [-0.15, -0.1) is 11.3 Å². The first kappa shape index (κ1) is 20.1. The Morgan fingerprint density at radius 1 is 1.12 bits per heavy atom. The molecule has 1 aliphatic heterocycles. The molecule has 0 spiro atoms. The Kier molecular flexibility index (Phi) is 5.12. The minimum atomic E-state index is -0.0159.